The van der Waals surface area contributed by atoms with Crippen molar-refractivity contribution in [3.05, 3.63) is 12.0 Å². The molecule has 3 nitrogen and oxygen atoms in total. The first kappa shape index (κ1) is 11.8. The van der Waals surface area contributed by atoms with Gasteiger partial charge in [0.1, 0.15) is 17.8 Å². The van der Waals surface area contributed by atoms with E-state index in [1.54, 1.807) is 6.92 Å². The predicted molar refractivity (Wildman–Crippen MR) is 40.0 cm³/mol. The molecule has 0 fully saturated rings. The maximum atomic E-state index is 9.44. The van der Waals surface area contributed by atoms with E-state index in [1.165, 1.54) is 13.8 Å². The number of ketones is 1. The van der Waals surface area contributed by atoms with Crippen LogP contribution in [0, 0.1) is 0 Å². The van der Waals surface area contributed by atoms with Gasteiger partial charge in [-0.25, -0.2) is 0 Å². The lowest BCUT2D eigenvalue weighted by Gasteiger charge is -1.83. The van der Waals surface area contributed by atoms with E-state index in [2.05, 4.69) is 0 Å². The van der Waals surface area contributed by atoms with Crippen LogP contribution in [0.3, 0.4) is 0 Å². The fourth-order valence-corrected chi connectivity index (χ4v) is 0.0913. The molecule has 0 heterocycles. The number of carbonyl (C=O) groups is 1. The van der Waals surface area contributed by atoms with Gasteiger partial charge in [0.05, 0.1) is 0 Å². The van der Waals surface area contributed by atoms with E-state index >= 15 is 0 Å². The lowest BCUT2D eigenvalue weighted by molar-refractivity contribution is -0.114. The van der Waals surface area contributed by atoms with E-state index in [-0.39, 0.29) is 11.5 Å². The number of hydrogen-bond acceptors (Lipinski definition) is 3. The molecule has 10 heavy (non-hydrogen) atoms. The fourth-order valence-electron chi connectivity index (χ4n) is 0.0913. The van der Waals surface area contributed by atoms with E-state index in [0.29, 0.717) is 12.7 Å². The van der Waals surface area contributed by atoms with Gasteiger partial charge in [0.2, 0.25) is 0 Å². The molecule has 0 unspecified atom stereocenters. The molecule has 0 aliphatic heterocycles. The summed E-state index contributed by atoms with van der Waals surface area (Å²) in [6.45, 7) is 4.81. The molecular formula is C7H14O3. The number of allylic oxidation sites excluding steroid dienone is 1. The molecule has 0 radical (unpaired) electrons. The van der Waals surface area contributed by atoms with Crippen LogP contribution in [0.1, 0.15) is 27.2 Å². The lowest BCUT2D eigenvalue weighted by atomic mass is 10.4. The van der Waals surface area contributed by atoms with Gasteiger partial charge >= 0.3 is 0 Å². The second kappa shape index (κ2) is 8.01. The van der Waals surface area contributed by atoms with Crippen molar-refractivity contribution in [2.45, 2.75) is 27.2 Å². The average Bonchev–Trinajstić information content (AvgIpc) is 1.85. The molecule has 0 saturated carbocycles. The minimum atomic E-state index is 0.0231. The smallest absolute Gasteiger partial charge is 0.126 e. The zero-order valence-corrected chi connectivity index (χ0v) is 6.59. The van der Waals surface area contributed by atoms with E-state index in [0.717, 1.165) is 0 Å². The van der Waals surface area contributed by atoms with Gasteiger partial charge in [0.25, 0.3) is 0 Å². The highest BCUT2D eigenvalue weighted by Gasteiger charge is 1.78. The monoisotopic (exact) mass is 146 g/mol. The first-order valence-corrected chi connectivity index (χ1v) is 3.04. The Morgan fingerprint density at radius 3 is 1.80 bits per heavy atom. The second-order valence-corrected chi connectivity index (χ2v) is 1.88. The molecule has 0 rings (SSSR count). The minimum Gasteiger partial charge on any atom is -0.512 e. The van der Waals surface area contributed by atoms with Crippen LogP contribution in [0.25, 0.3) is 0 Å². The third kappa shape index (κ3) is 27.9. The van der Waals surface area contributed by atoms with Crippen LogP contribution >= 0.6 is 0 Å². The molecular weight excluding hydrogens is 132 g/mol. The van der Waals surface area contributed by atoms with Crippen molar-refractivity contribution in [1.82, 2.24) is 0 Å². The van der Waals surface area contributed by atoms with Crippen LogP contribution in [0.4, 0.5) is 0 Å². The van der Waals surface area contributed by atoms with Gasteiger partial charge in [0.15, 0.2) is 0 Å². The topological polar surface area (TPSA) is 57.5 Å². The molecule has 0 spiro atoms. The van der Waals surface area contributed by atoms with Crippen molar-refractivity contribution in [3.63, 3.8) is 0 Å². The van der Waals surface area contributed by atoms with Crippen molar-refractivity contribution in [2.75, 3.05) is 0 Å². The van der Waals surface area contributed by atoms with E-state index < -0.39 is 0 Å². The Bertz CT molecular complexity index is 112. The minimum absolute atomic E-state index is 0.0231. The Morgan fingerprint density at radius 2 is 1.80 bits per heavy atom. The summed E-state index contributed by atoms with van der Waals surface area (Å²) in [7, 11) is 0. The van der Waals surface area contributed by atoms with E-state index in [9.17, 15) is 4.79 Å². The molecule has 3 heteroatoms. The molecule has 2 N–H and O–H groups in total. The fraction of sp³-hybridized carbons (Fsp3) is 0.571. The Morgan fingerprint density at radius 1 is 1.50 bits per heavy atom. The van der Waals surface area contributed by atoms with Crippen LogP contribution in [0.2, 0.25) is 0 Å². The SMILES string of the molecule is CC(C)=O.CC/C(O)=C/O. The summed E-state index contributed by atoms with van der Waals surface area (Å²) in [6, 6.07) is 0. The Hall–Kier alpha value is -0.990. The molecule has 0 aromatic rings. The van der Waals surface area contributed by atoms with Gasteiger partial charge in [0, 0.05) is 6.42 Å². The number of aliphatic hydroxyl groups excluding tert-OH is 2. The summed E-state index contributed by atoms with van der Waals surface area (Å²) in [5.74, 6) is 0.190. The van der Waals surface area contributed by atoms with E-state index in [4.69, 9.17) is 10.2 Å². The second-order valence-electron chi connectivity index (χ2n) is 1.88. The van der Waals surface area contributed by atoms with Crippen LogP contribution in [-0.4, -0.2) is 16.0 Å². The summed E-state index contributed by atoms with van der Waals surface area (Å²) < 4.78 is 0. The van der Waals surface area contributed by atoms with Crippen molar-refractivity contribution in [3.8, 4) is 0 Å². The lowest BCUT2D eigenvalue weighted by Crippen LogP contribution is -1.72. The molecule has 0 amide bonds. The Labute approximate surface area is 61.0 Å². The first-order valence-electron chi connectivity index (χ1n) is 3.04. The summed E-state index contributed by atoms with van der Waals surface area (Å²) >= 11 is 0. The van der Waals surface area contributed by atoms with Crippen LogP contribution < -0.4 is 0 Å². The zero-order chi connectivity index (χ0) is 8.57. The van der Waals surface area contributed by atoms with Gasteiger partial charge < -0.3 is 15.0 Å². The highest BCUT2D eigenvalue weighted by atomic mass is 16.3. The zero-order valence-electron chi connectivity index (χ0n) is 6.59. The summed E-state index contributed by atoms with van der Waals surface area (Å²) in [6.07, 6.45) is 1.19. The van der Waals surface area contributed by atoms with Gasteiger partial charge in [-0.3, -0.25) is 0 Å². The molecule has 0 saturated heterocycles. The quantitative estimate of drug-likeness (QED) is 0.556. The van der Waals surface area contributed by atoms with Gasteiger partial charge in [-0.1, -0.05) is 6.92 Å². The first-order chi connectivity index (χ1) is 4.54. The molecule has 0 bridgehead atoms. The Balaban J connectivity index is 0. The maximum absolute atomic E-state index is 9.44. The van der Waals surface area contributed by atoms with Gasteiger partial charge in [-0.15, -0.1) is 0 Å². The van der Waals surface area contributed by atoms with Crippen molar-refractivity contribution >= 4 is 5.78 Å². The van der Waals surface area contributed by atoms with Gasteiger partial charge in [-0.05, 0) is 13.8 Å². The summed E-state index contributed by atoms with van der Waals surface area (Å²) in [4.78, 5) is 9.44. The predicted octanol–water partition coefficient (Wildman–Crippen LogP) is 1.95. The number of hydrogen-bond donors (Lipinski definition) is 2. The van der Waals surface area contributed by atoms with E-state index in [1.807, 2.05) is 0 Å². The Kier molecular flexibility index (Phi) is 9.42. The molecule has 60 valence electrons. The van der Waals surface area contributed by atoms with Gasteiger partial charge in [-0.2, -0.15) is 0 Å². The largest absolute Gasteiger partial charge is 0.512 e. The number of Topliss-reactive ketones (excluding diaryl/α,β-unsaturated/α-hetero) is 1. The highest BCUT2D eigenvalue weighted by molar-refractivity contribution is 5.72. The van der Waals surface area contributed by atoms with Crippen molar-refractivity contribution < 1.29 is 15.0 Å². The molecule has 0 aliphatic carbocycles. The molecule has 0 aromatic heterocycles. The average molecular weight is 146 g/mol. The maximum Gasteiger partial charge on any atom is 0.126 e. The summed E-state index contributed by atoms with van der Waals surface area (Å²) in [5, 5.41) is 16.2. The summed E-state index contributed by atoms with van der Waals surface area (Å²) in [5.41, 5.74) is 0. The molecule has 0 aromatic carbocycles. The standard InChI is InChI=1S/C4H8O2.C3H6O/c1-2-4(6)3-5;1-3(2)4/h3,5-6H,2H2,1H3;1-2H3/b4-3-;. The van der Waals surface area contributed by atoms with Crippen LogP contribution in [-0.2, 0) is 4.79 Å². The number of carbonyl (C=O) groups excluding carboxylic acids is 1. The van der Waals surface area contributed by atoms with Crippen LogP contribution in [0.15, 0.2) is 12.0 Å². The van der Waals surface area contributed by atoms with Crippen molar-refractivity contribution in [1.29, 1.82) is 0 Å². The molecule has 0 aliphatic rings. The number of rotatable bonds is 1. The third-order valence-electron chi connectivity index (χ3n) is 0.511. The van der Waals surface area contributed by atoms with Crippen LogP contribution in [0.5, 0.6) is 0 Å². The highest BCUT2D eigenvalue weighted by Crippen LogP contribution is 1.88. The number of aliphatic hydroxyl groups is 2. The third-order valence-corrected chi connectivity index (χ3v) is 0.511. The van der Waals surface area contributed by atoms with Crippen molar-refractivity contribution in [2.24, 2.45) is 0 Å². The molecule has 0 atom stereocenters. The normalized spacial score (nSPS) is 9.70.